The Morgan fingerprint density at radius 1 is 1.20 bits per heavy atom. The molecule has 0 saturated heterocycles. The summed E-state index contributed by atoms with van der Waals surface area (Å²) in [5.41, 5.74) is 4.61. The van der Waals surface area contributed by atoms with Crippen molar-refractivity contribution in [3.63, 3.8) is 0 Å². The summed E-state index contributed by atoms with van der Waals surface area (Å²) in [5, 5.41) is 0. The van der Waals surface area contributed by atoms with E-state index >= 15 is 0 Å². The van der Waals surface area contributed by atoms with E-state index in [9.17, 15) is 0 Å². The molecular weight excluding hydrogens is 182 g/mol. The van der Waals surface area contributed by atoms with Crippen LogP contribution < -0.4 is 0 Å². The van der Waals surface area contributed by atoms with E-state index in [1.807, 2.05) is 0 Å². The van der Waals surface area contributed by atoms with Crippen molar-refractivity contribution in [2.24, 2.45) is 0 Å². The summed E-state index contributed by atoms with van der Waals surface area (Å²) in [6.07, 6.45) is 3.66. The molecule has 0 saturated carbocycles. The van der Waals surface area contributed by atoms with Crippen molar-refractivity contribution in [1.82, 2.24) is 4.90 Å². The zero-order chi connectivity index (χ0) is 10.7. The first-order valence-electron chi connectivity index (χ1n) is 6.16. The van der Waals surface area contributed by atoms with Gasteiger partial charge in [0, 0.05) is 13.1 Å². The van der Waals surface area contributed by atoms with Crippen molar-refractivity contribution in [3.05, 3.63) is 34.9 Å². The first kappa shape index (κ1) is 10.7. The molecule has 1 aromatic rings. The number of hydrogen-bond acceptors (Lipinski definition) is 1. The van der Waals surface area contributed by atoms with Crippen molar-refractivity contribution in [3.8, 4) is 0 Å². The second-order valence-electron chi connectivity index (χ2n) is 4.48. The third-order valence-electron chi connectivity index (χ3n) is 3.31. The Balaban J connectivity index is 2.16. The van der Waals surface area contributed by atoms with Gasteiger partial charge in [0.25, 0.3) is 0 Å². The Morgan fingerprint density at radius 2 is 2.07 bits per heavy atom. The first-order valence-corrected chi connectivity index (χ1v) is 6.16. The van der Waals surface area contributed by atoms with E-state index in [-0.39, 0.29) is 0 Å². The molecule has 1 heterocycles. The molecule has 0 radical (unpaired) electrons. The fourth-order valence-electron chi connectivity index (χ4n) is 2.40. The topological polar surface area (TPSA) is 3.24 Å². The van der Waals surface area contributed by atoms with E-state index in [0.717, 1.165) is 13.0 Å². The molecule has 1 aliphatic rings. The molecule has 1 heteroatoms. The van der Waals surface area contributed by atoms with Crippen LogP contribution in [0.1, 0.15) is 37.0 Å². The minimum atomic E-state index is 1.15. The van der Waals surface area contributed by atoms with Gasteiger partial charge in [-0.15, -0.1) is 0 Å². The Morgan fingerprint density at radius 3 is 2.80 bits per heavy atom. The summed E-state index contributed by atoms with van der Waals surface area (Å²) in [6.45, 7) is 8.14. The lowest BCUT2D eigenvalue weighted by Gasteiger charge is -2.28. The molecule has 0 fully saturated rings. The minimum Gasteiger partial charge on any atom is -0.299 e. The molecule has 1 nitrogen and oxygen atoms in total. The standard InChI is InChI=1S/C14H21N/c1-3-8-15-9-7-13-6-5-12(4-2)10-14(13)11-15/h5-6,10H,3-4,7-9,11H2,1-2H3. The summed E-state index contributed by atoms with van der Waals surface area (Å²) in [6, 6.07) is 7.02. The monoisotopic (exact) mass is 203 g/mol. The third kappa shape index (κ3) is 2.40. The fourth-order valence-corrected chi connectivity index (χ4v) is 2.40. The third-order valence-corrected chi connectivity index (χ3v) is 3.31. The first-order chi connectivity index (χ1) is 7.33. The smallest absolute Gasteiger partial charge is 0.0236 e. The van der Waals surface area contributed by atoms with Gasteiger partial charge >= 0.3 is 0 Å². The van der Waals surface area contributed by atoms with E-state index in [0.29, 0.717) is 0 Å². The molecule has 1 aliphatic heterocycles. The summed E-state index contributed by atoms with van der Waals surface area (Å²) in [4.78, 5) is 2.57. The van der Waals surface area contributed by atoms with Gasteiger partial charge in [0.05, 0.1) is 0 Å². The average Bonchev–Trinajstić information content (AvgIpc) is 2.28. The van der Waals surface area contributed by atoms with Crippen LogP contribution in [0.2, 0.25) is 0 Å². The second-order valence-corrected chi connectivity index (χ2v) is 4.48. The average molecular weight is 203 g/mol. The summed E-state index contributed by atoms with van der Waals surface area (Å²) < 4.78 is 0. The maximum absolute atomic E-state index is 2.57. The van der Waals surface area contributed by atoms with Gasteiger partial charge in [0.15, 0.2) is 0 Å². The van der Waals surface area contributed by atoms with Crippen LogP contribution in [0.15, 0.2) is 18.2 Å². The molecule has 0 bridgehead atoms. The van der Waals surface area contributed by atoms with Gasteiger partial charge in [-0.2, -0.15) is 0 Å². The Labute approximate surface area is 93.1 Å². The summed E-state index contributed by atoms with van der Waals surface area (Å²) in [5.74, 6) is 0. The predicted molar refractivity (Wildman–Crippen MR) is 65.1 cm³/mol. The molecular formula is C14H21N. The Kier molecular flexibility index (Phi) is 3.42. The van der Waals surface area contributed by atoms with Gasteiger partial charge in [-0.05, 0) is 42.5 Å². The maximum Gasteiger partial charge on any atom is 0.0236 e. The Hall–Kier alpha value is -0.820. The lowest BCUT2D eigenvalue weighted by Crippen LogP contribution is -2.31. The zero-order valence-corrected chi connectivity index (χ0v) is 9.92. The minimum absolute atomic E-state index is 1.15. The number of hydrogen-bond donors (Lipinski definition) is 0. The Bertz CT molecular complexity index is 330. The van der Waals surface area contributed by atoms with Crippen LogP contribution in [0, 0.1) is 0 Å². The molecule has 0 unspecified atom stereocenters. The highest BCUT2D eigenvalue weighted by molar-refractivity contribution is 5.33. The SMILES string of the molecule is CCCN1CCc2ccc(CC)cc2C1. The number of fused-ring (bicyclic) bond motifs is 1. The molecule has 0 spiro atoms. The lowest BCUT2D eigenvalue weighted by molar-refractivity contribution is 0.254. The molecule has 0 N–H and O–H groups in total. The molecule has 0 aliphatic carbocycles. The highest BCUT2D eigenvalue weighted by Crippen LogP contribution is 2.20. The number of benzene rings is 1. The van der Waals surface area contributed by atoms with Crippen LogP contribution in [0.4, 0.5) is 0 Å². The van der Waals surface area contributed by atoms with Crippen LogP contribution in [-0.4, -0.2) is 18.0 Å². The van der Waals surface area contributed by atoms with Crippen molar-refractivity contribution in [1.29, 1.82) is 0 Å². The van der Waals surface area contributed by atoms with Gasteiger partial charge < -0.3 is 0 Å². The van der Waals surface area contributed by atoms with Crippen LogP contribution in [0.25, 0.3) is 0 Å². The zero-order valence-electron chi connectivity index (χ0n) is 9.92. The quantitative estimate of drug-likeness (QED) is 0.730. The number of rotatable bonds is 3. The molecule has 15 heavy (non-hydrogen) atoms. The van der Waals surface area contributed by atoms with E-state index < -0.39 is 0 Å². The van der Waals surface area contributed by atoms with Crippen LogP contribution in [-0.2, 0) is 19.4 Å². The molecule has 1 aromatic carbocycles. The fraction of sp³-hybridized carbons (Fsp3) is 0.571. The van der Waals surface area contributed by atoms with E-state index in [1.165, 1.54) is 31.5 Å². The lowest BCUT2D eigenvalue weighted by atomic mass is 9.96. The van der Waals surface area contributed by atoms with Gasteiger partial charge in [0.2, 0.25) is 0 Å². The highest BCUT2D eigenvalue weighted by atomic mass is 15.1. The van der Waals surface area contributed by atoms with Crippen LogP contribution >= 0.6 is 0 Å². The van der Waals surface area contributed by atoms with Gasteiger partial charge in [0.1, 0.15) is 0 Å². The summed E-state index contributed by atoms with van der Waals surface area (Å²) >= 11 is 0. The van der Waals surface area contributed by atoms with Crippen molar-refractivity contribution >= 4 is 0 Å². The van der Waals surface area contributed by atoms with Crippen molar-refractivity contribution in [2.75, 3.05) is 13.1 Å². The largest absolute Gasteiger partial charge is 0.299 e. The molecule has 2 rings (SSSR count). The highest BCUT2D eigenvalue weighted by Gasteiger charge is 2.15. The van der Waals surface area contributed by atoms with Crippen molar-refractivity contribution < 1.29 is 0 Å². The molecule has 0 aromatic heterocycles. The van der Waals surface area contributed by atoms with Gasteiger partial charge in [-0.1, -0.05) is 32.0 Å². The van der Waals surface area contributed by atoms with E-state index in [1.54, 1.807) is 11.1 Å². The van der Waals surface area contributed by atoms with E-state index in [4.69, 9.17) is 0 Å². The van der Waals surface area contributed by atoms with Crippen LogP contribution in [0.5, 0.6) is 0 Å². The number of nitrogens with zero attached hydrogens (tertiary/aromatic N) is 1. The van der Waals surface area contributed by atoms with Crippen molar-refractivity contribution in [2.45, 2.75) is 39.7 Å². The normalized spacial score (nSPS) is 16.4. The predicted octanol–water partition coefficient (Wildman–Crippen LogP) is 3.02. The van der Waals surface area contributed by atoms with Gasteiger partial charge in [-0.3, -0.25) is 4.90 Å². The second kappa shape index (κ2) is 4.80. The molecule has 0 atom stereocenters. The molecule has 82 valence electrons. The van der Waals surface area contributed by atoms with Gasteiger partial charge in [-0.25, -0.2) is 0 Å². The maximum atomic E-state index is 2.57. The van der Waals surface area contributed by atoms with Crippen LogP contribution in [0.3, 0.4) is 0 Å². The summed E-state index contributed by atoms with van der Waals surface area (Å²) in [7, 11) is 0. The number of aryl methyl sites for hydroxylation is 1. The molecule has 0 amide bonds. The van der Waals surface area contributed by atoms with E-state index in [2.05, 4.69) is 36.9 Å².